The molecule has 4 nitrogen and oxygen atoms in total. The van der Waals surface area contributed by atoms with Crippen LogP contribution in [0.3, 0.4) is 0 Å². The third-order valence-corrected chi connectivity index (χ3v) is 4.52. The third kappa shape index (κ3) is 3.90. The second-order valence-corrected chi connectivity index (χ2v) is 7.48. The van der Waals surface area contributed by atoms with Crippen molar-refractivity contribution in [3.05, 3.63) is 59.7 Å². The van der Waals surface area contributed by atoms with Crippen LogP contribution in [0.15, 0.2) is 48.5 Å². The van der Waals surface area contributed by atoms with Gasteiger partial charge in [-0.2, -0.15) is 0 Å². The van der Waals surface area contributed by atoms with Gasteiger partial charge < -0.3 is 10.2 Å². The molecule has 3 rings (SSSR count). The number of hydrogen-bond donors (Lipinski definition) is 1. The van der Waals surface area contributed by atoms with Crippen molar-refractivity contribution in [3.8, 4) is 0 Å². The summed E-state index contributed by atoms with van der Waals surface area (Å²) >= 11 is 0. The molecule has 2 aromatic carbocycles. The van der Waals surface area contributed by atoms with Crippen LogP contribution in [-0.2, 0) is 10.2 Å². The summed E-state index contributed by atoms with van der Waals surface area (Å²) < 4.78 is 0. The highest BCUT2D eigenvalue weighted by Crippen LogP contribution is 2.24. The van der Waals surface area contributed by atoms with E-state index in [1.807, 2.05) is 48.5 Å². The van der Waals surface area contributed by atoms with E-state index in [2.05, 4.69) is 26.1 Å². The minimum atomic E-state index is -0.134. The summed E-state index contributed by atoms with van der Waals surface area (Å²) in [5.74, 6) is 0.0289. The number of hydrogen-bond acceptors (Lipinski definition) is 2. The predicted octanol–water partition coefficient (Wildman–Crippen LogP) is 4.36. The number of amides is 2. The molecular formula is C21H24N2O2. The first-order valence-electron chi connectivity index (χ1n) is 8.67. The van der Waals surface area contributed by atoms with Gasteiger partial charge in [-0.3, -0.25) is 9.59 Å². The molecule has 1 aliphatic heterocycles. The molecule has 0 saturated carbocycles. The average molecular weight is 336 g/mol. The largest absolute Gasteiger partial charge is 0.322 e. The normalized spacial score (nSPS) is 14.7. The van der Waals surface area contributed by atoms with E-state index in [1.165, 1.54) is 5.56 Å². The molecule has 0 radical (unpaired) electrons. The van der Waals surface area contributed by atoms with Gasteiger partial charge in [-0.15, -0.1) is 0 Å². The first-order chi connectivity index (χ1) is 11.8. The van der Waals surface area contributed by atoms with E-state index >= 15 is 0 Å². The summed E-state index contributed by atoms with van der Waals surface area (Å²) in [4.78, 5) is 26.0. The Morgan fingerprint density at radius 2 is 1.64 bits per heavy atom. The quantitative estimate of drug-likeness (QED) is 0.905. The van der Waals surface area contributed by atoms with Crippen molar-refractivity contribution < 1.29 is 9.59 Å². The van der Waals surface area contributed by atoms with Gasteiger partial charge >= 0.3 is 0 Å². The smallest absolute Gasteiger partial charge is 0.255 e. The minimum absolute atomic E-state index is 0.0673. The molecule has 1 fully saturated rings. The molecule has 1 heterocycles. The molecule has 130 valence electrons. The van der Waals surface area contributed by atoms with Crippen LogP contribution in [0.1, 0.15) is 49.5 Å². The van der Waals surface area contributed by atoms with Gasteiger partial charge in [0.25, 0.3) is 5.91 Å². The van der Waals surface area contributed by atoms with E-state index in [0.29, 0.717) is 12.0 Å². The lowest BCUT2D eigenvalue weighted by atomic mass is 9.87. The number of benzene rings is 2. The maximum atomic E-state index is 12.4. The average Bonchev–Trinajstić information content (AvgIpc) is 3.01. The Morgan fingerprint density at radius 3 is 2.16 bits per heavy atom. The Hall–Kier alpha value is -2.62. The highest BCUT2D eigenvalue weighted by molar-refractivity contribution is 6.04. The van der Waals surface area contributed by atoms with E-state index in [1.54, 1.807) is 4.90 Å². The van der Waals surface area contributed by atoms with Crippen molar-refractivity contribution in [1.29, 1.82) is 0 Å². The lowest BCUT2D eigenvalue weighted by molar-refractivity contribution is -0.117. The van der Waals surface area contributed by atoms with Gasteiger partial charge in [0.2, 0.25) is 5.91 Å². The fraction of sp³-hybridized carbons (Fsp3) is 0.333. The molecule has 0 aliphatic carbocycles. The van der Waals surface area contributed by atoms with Crippen molar-refractivity contribution in [2.45, 2.75) is 39.0 Å². The standard InChI is InChI=1S/C21H24N2O2/c1-21(2,3)16-8-6-15(7-9-16)20(25)22-17-10-12-18(13-11-17)23-14-4-5-19(23)24/h6-13H,4-5,14H2,1-3H3,(H,22,25). The summed E-state index contributed by atoms with van der Waals surface area (Å²) in [7, 11) is 0. The Balaban J connectivity index is 1.67. The number of nitrogens with one attached hydrogen (secondary N) is 1. The maximum absolute atomic E-state index is 12.4. The lowest BCUT2D eigenvalue weighted by Crippen LogP contribution is -2.23. The summed E-state index contributed by atoms with van der Waals surface area (Å²) in [6, 6.07) is 15.1. The van der Waals surface area contributed by atoms with Gasteiger partial charge in [0.15, 0.2) is 0 Å². The molecule has 0 atom stereocenters. The molecule has 2 amide bonds. The second-order valence-electron chi connectivity index (χ2n) is 7.48. The fourth-order valence-corrected chi connectivity index (χ4v) is 2.97. The highest BCUT2D eigenvalue weighted by atomic mass is 16.2. The molecule has 0 bridgehead atoms. The van der Waals surface area contributed by atoms with Gasteiger partial charge in [-0.1, -0.05) is 32.9 Å². The number of rotatable bonds is 3. The second kappa shape index (κ2) is 6.71. The number of carbonyl (C=O) groups is 2. The zero-order valence-electron chi connectivity index (χ0n) is 15.0. The van der Waals surface area contributed by atoms with Crippen molar-refractivity contribution >= 4 is 23.2 Å². The van der Waals surface area contributed by atoms with Crippen LogP contribution in [0.4, 0.5) is 11.4 Å². The van der Waals surface area contributed by atoms with Crippen LogP contribution in [0.5, 0.6) is 0 Å². The van der Waals surface area contributed by atoms with Crippen LogP contribution in [0.25, 0.3) is 0 Å². The molecule has 1 N–H and O–H groups in total. The first kappa shape index (κ1) is 17.2. The highest BCUT2D eigenvalue weighted by Gasteiger charge is 2.21. The number of carbonyl (C=O) groups excluding carboxylic acids is 2. The Bertz CT molecular complexity index is 771. The number of nitrogens with zero attached hydrogens (tertiary/aromatic N) is 1. The van der Waals surface area contributed by atoms with Gasteiger partial charge in [0.05, 0.1) is 0 Å². The molecule has 4 heteroatoms. The summed E-state index contributed by atoms with van der Waals surface area (Å²) in [6.45, 7) is 7.21. The van der Waals surface area contributed by atoms with Gasteiger partial charge in [0.1, 0.15) is 0 Å². The fourth-order valence-electron chi connectivity index (χ4n) is 2.97. The summed E-state index contributed by atoms with van der Waals surface area (Å²) in [5.41, 5.74) is 3.50. The molecule has 2 aromatic rings. The van der Waals surface area contributed by atoms with Crippen molar-refractivity contribution in [3.63, 3.8) is 0 Å². The molecule has 1 aliphatic rings. The monoisotopic (exact) mass is 336 g/mol. The predicted molar refractivity (Wildman–Crippen MR) is 101 cm³/mol. The van der Waals surface area contributed by atoms with Crippen LogP contribution < -0.4 is 10.2 Å². The van der Waals surface area contributed by atoms with Crippen molar-refractivity contribution in [2.24, 2.45) is 0 Å². The zero-order chi connectivity index (χ0) is 18.0. The molecule has 1 saturated heterocycles. The van der Waals surface area contributed by atoms with E-state index < -0.39 is 0 Å². The maximum Gasteiger partial charge on any atom is 0.255 e. The van der Waals surface area contributed by atoms with Gasteiger partial charge in [-0.05, 0) is 53.8 Å². The van der Waals surface area contributed by atoms with Crippen LogP contribution in [0.2, 0.25) is 0 Å². The van der Waals surface area contributed by atoms with Crippen molar-refractivity contribution in [2.75, 3.05) is 16.8 Å². The minimum Gasteiger partial charge on any atom is -0.322 e. The summed E-state index contributed by atoms with van der Waals surface area (Å²) in [6.07, 6.45) is 1.52. The Morgan fingerprint density at radius 1 is 1.00 bits per heavy atom. The van der Waals surface area contributed by atoms with E-state index in [9.17, 15) is 9.59 Å². The number of anilines is 2. The van der Waals surface area contributed by atoms with Crippen molar-refractivity contribution in [1.82, 2.24) is 0 Å². The Kier molecular flexibility index (Phi) is 4.62. The molecule has 0 aromatic heterocycles. The zero-order valence-corrected chi connectivity index (χ0v) is 15.0. The van der Waals surface area contributed by atoms with E-state index in [4.69, 9.17) is 0 Å². The summed E-state index contributed by atoms with van der Waals surface area (Å²) in [5, 5.41) is 2.90. The molecule has 0 unspecified atom stereocenters. The van der Waals surface area contributed by atoms with Crippen LogP contribution >= 0.6 is 0 Å². The lowest BCUT2D eigenvalue weighted by Gasteiger charge is -2.19. The third-order valence-electron chi connectivity index (χ3n) is 4.52. The van der Waals surface area contributed by atoms with Gasteiger partial charge in [-0.25, -0.2) is 0 Å². The molecular weight excluding hydrogens is 312 g/mol. The molecule has 0 spiro atoms. The first-order valence-corrected chi connectivity index (χ1v) is 8.67. The Labute approximate surface area is 148 Å². The van der Waals surface area contributed by atoms with Gasteiger partial charge in [0, 0.05) is 29.9 Å². The SMILES string of the molecule is CC(C)(C)c1ccc(C(=O)Nc2ccc(N3CCCC3=O)cc2)cc1. The van der Waals surface area contributed by atoms with Crippen LogP contribution in [0, 0.1) is 0 Å². The molecule has 25 heavy (non-hydrogen) atoms. The van der Waals surface area contributed by atoms with E-state index in [-0.39, 0.29) is 17.2 Å². The van der Waals surface area contributed by atoms with Crippen LogP contribution in [-0.4, -0.2) is 18.4 Å². The topological polar surface area (TPSA) is 49.4 Å². The van der Waals surface area contributed by atoms with E-state index in [0.717, 1.165) is 24.3 Å².